The van der Waals surface area contributed by atoms with Crippen LogP contribution in [0.5, 0.6) is 11.5 Å². The SMILES string of the molecule is COc1ccc(CNNc2ccccc2)cc1COc1cc(C)ccc1C(C)C. The van der Waals surface area contributed by atoms with Crippen LogP contribution in [0.1, 0.15) is 42.0 Å². The third kappa shape index (κ3) is 5.75. The Kier molecular flexibility index (Phi) is 7.14. The fraction of sp³-hybridized carbons (Fsp3) is 0.280. The Hall–Kier alpha value is -2.98. The molecule has 3 rings (SSSR count). The molecule has 3 aromatic carbocycles. The molecule has 0 aliphatic heterocycles. The van der Waals surface area contributed by atoms with Gasteiger partial charge in [-0.3, -0.25) is 0 Å². The number of hydrogen-bond acceptors (Lipinski definition) is 4. The molecule has 0 bridgehead atoms. The predicted molar refractivity (Wildman–Crippen MR) is 119 cm³/mol. The molecule has 0 fully saturated rings. The largest absolute Gasteiger partial charge is 0.496 e. The zero-order chi connectivity index (χ0) is 20.6. The summed E-state index contributed by atoms with van der Waals surface area (Å²) in [6, 6.07) is 22.6. The first-order valence-corrected chi connectivity index (χ1v) is 10.00. The van der Waals surface area contributed by atoms with Gasteiger partial charge in [-0.25, -0.2) is 5.43 Å². The monoisotopic (exact) mass is 390 g/mol. The van der Waals surface area contributed by atoms with Crippen molar-refractivity contribution in [3.8, 4) is 11.5 Å². The summed E-state index contributed by atoms with van der Waals surface area (Å²) in [4.78, 5) is 0. The van der Waals surface area contributed by atoms with E-state index in [-0.39, 0.29) is 0 Å². The molecule has 0 saturated heterocycles. The predicted octanol–water partition coefficient (Wildman–Crippen LogP) is 5.82. The van der Waals surface area contributed by atoms with Crippen molar-refractivity contribution in [3.05, 3.63) is 89.0 Å². The fourth-order valence-electron chi connectivity index (χ4n) is 3.22. The molecule has 0 unspecified atom stereocenters. The number of para-hydroxylation sites is 1. The van der Waals surface area contributed by atoms with E-state index in [0.717, 1.165) is 28.3 Å². The van der Waals surface area contributed by atoms with Gasteiger partial charge >= 0.3 is 0 Å². The third-order valence-corrected chi connectivity index (χ3v) is 4.82. The van der Waals surface area contributed by atoms with E-state index in [0.29, 0.717) is 19.1 Å². The van der Waals surface area contributed by atoms with Crippen molar-refractivity contribution < 1.29 is 9.47 Å². The molecule has 0 saturated carbocycles. The van der Waals surface area contributed by atoms with Crippen LogP contribution in [0, 0.1) is 6.92 Å². The molecule has 0 radical (unpaired) electrons. The van der Waals surface area contributed by atoms with E-state index in [4.69, 9.17) is 9.47 Å². The van der Waals surface area contributed by atoms with Crippen LogP contribution < -0.4 is 20.3 Å². The van der Waals surface area contributed by atoms with Crippen LogP contribution in [0.2, 0.25) is 0 Å². The lowest BCUT2D eigenvalue weighted by Gasteiger charge is -2.17. The normalized spacial score (nSPS) is 10.8. The van der Waals surface area contributed by atoms with E-state index in [1.165, 1.54) is 11.1 Å². The zero-order valence-electron chi connectivity index (χ0n) is 17.7. The van der Waals surface area contributed by atoms with Gasteiger partial charge in [0.25, 0.3) is 0 Å². The second kappa shape index (κ2) is 9.99. The van der Waals surface area contributed by atoms with Gasteiger partial charge in [0.1, 0.15) is 18.1 Å². The minimum Gasteiger partial charge on any atom is -0.496 e. The highest BCUT2D eigenvalue weighted by Gasteiger charge is 2.11. The molecule has 0 aromatic heterocycles. The van der Waals surface area contributed by atoms with Gasteiger partial charge in [-0.2, -0.15) is 0 Å². The van der Waals surface area contributed by atoms with Crippen LogP contribution >= 0.6 is 0 Å². The van der Waals surface area contributed by atoms with Crippen LogP contribution in [0.25, 0.3) is 0 Å². The van der Waals surface area contributed by atoms with Gasteiger partial charge in [-0.1, -0.05) is 50.2 Å². The maximum atomic E-state index is 6.22. The van der Waals surface area contributed by atoms with Gasteiger partial charge in [0.2, 0.25) is 0 Å². The van der Waals surface area contributed by atoms with Gasteiger partial charge in [-0.05, 0) is 59.9 Å². The summed E-state index contributed by atoms with van der Waals surface area (Å²) >= 11 is 0. The molecular weight excluding hydrogens is 360 g/mol. The summed E-state index contributed by atoms with van der Waals surface area (Å²) in [6.07, 6.45) is 0. The van der Waals surface area contributed by atoms with Crippen LogP contribution in [0.4, 0.5) is 5.69 Å². The van der Waals surface area contributed by atoms with Crippen molar-refractivity contribution in [2.24, 2.45) is 0 Å². The van der Waals surface area contributed by atoms with E-state index < -0.39 is 0 Å². The van der Waals surface area contributed by atoms with Crippen molar-refractivity contribution in [2.75, 3.05) is 12.5 Å². The molecule has 29 heavy (non-hydrogen) atoms. The van der Waals surface area contributed by atoms with E-state index in [1.807, 2.05) is 36.4 Å². The second-order valence-electron chi connectivity index (χ2n) is 7.48. The molecule has 3 aromatic rings. The van der Waals surface area contributed by atoms with Gasteiger partial charge < -0.3 is 14.9 Å². The highest BCUT2D eigenvalue weighted by molar-refractivity contribution is 5.42. The zero-order valence-corrected chi connectivity index (χ0v) is 17.7. The second-order valence-corrected chi connectivity index (χ2v) is 7.48. The van der Waals surface area contributed by atoms with Crippen molar-refractivity contribution in [1.29, 1.82) is 0 Å². The van der Waals surface area contributed by atoms with Crippen LogP contribution in [0.15, 0.2) is 66.7 Å². The summed E-state index contributed by atoms with van der Waals surface area (Å²) < 4.78 is 11.8. The summed E-state index contributed by atoms with van der Waals surface area (Å²) in [5.41, 5.74) is 12.1. The Bertz CT molecular complexity index is 923. The first kappa shape index (κ1) is 20.7. The number of benzene rings is 3. The molecule has 152 valence electrons. The number of hydrazine groups is 1. The molecule has 0 spiro atoms. The average Bonchev–Trinajstić information content (AvgIpc) is 2.73. The minimum atomic E-state index is 0.409. The molecule has 0 aliphatic carbocycles. The Morgan fingerprint density at radius 2 is 1.69 bits per heavy atom. The Morgan fingerprint density at radius 3 is 2.41 bits per heavy atom. The Balaban J connectivity index is 1.68. The van der Waals surface area contributed by atoms with E-state index >= 15 is 0 Å². The highest BCUT2D eigenvalue weighted by atomic mass is 16.5. The van der Waals surface area contributed by atoms with E-state index in [9.17, 15) is 0 Å². The lowest BCUT2D eigenvalue weighted by atomic mass is 10.0. The molecule has 0 heterocycles. The molecule has 0 atom stereocenters. The molecular formula is C25H30N2O2. The van der Waals surface area contributed by atoms with Crippen LogP contribution in [-0.4, -0.2) is 7.11 Å². The number of ether oxygens (including phenoxy) is 2. The Labute approximate surface area is 173 Å². The van der Waals surface area contributed by atoms with Gasteiger partial charge in [0.15, 0.2) is 0 Å². The Morgan fingerprint density at radius 1 is 0.897 bits per heavy atom. The molecule has 4 heteroatoms. The topological polar surface area (TPSA) is 42.5 Å². The van der Waals surface area contributed by atoms with Crippen molar-refractivity contribution in [1.82, 2.24) is 5.43 Å². The highest BCUT2D eigenvalue weighted by Crippen LogP contribution is 2.29. The summed E-state index contributed by atoms with van der Waals surface area (Å²) in [6.45, 7) is 7.61. The van der Waals surface area contributed by atoms with Gasteiger partial charge in [0, 0.05) is 17.8 Å². The molecule has 0 amide bonds. The van der Waals surface area contributed by atoms with E-state index in [2.05, 4.69) is 62.0 Å². The number of rotatable bonds is 9. The van der Waals surface area contributed by atoms with Gasteiger partial charge in [-0.15, -0.1) is 0 Å². The van der Waals surface area contributed by atoms with Crippen molar-refractivity contribution >= 4 is 5.69 Å². The standard InChI is InChI=1S/C25H30N2O2/c1-18(2)23-12-10-19(3)14-25(23)29-17-21-15-20(11-13-24(21)28-4)16-26-27-22-8-6-5-7-9-22/h5-15,18,26-27H,16-17H2,1-4H3. The number of nitrogens with one attached hydrogen (secondary N) is 2. The molecule has 0 aliphatic rings. The summed E-state index contributed by atoms with van der Waals surface area (Å²) in [7, 11) is 1.69. The fourth-order valence-corrected chi connectivity index (χ4v) is 3.22. The number of methoxy groups -OCH3 is 1. The maximum absolute atomic E-state index is 6.22. The van der Waals surface area contributed by atoms with Crippen molar-refractivity contribution in [3.63, 3.8) is 0 Å². The summed E-state index contributed by atoms with van der Waals surface area (Å²) in [5, 5.41) is 0. The van der Waals surface area contributed by atoms with E-state index in [1.54, 1.807) is 7.11 Å². The lowest BCUT2D eigenvalue weighted by molar-refractivity contribution is 0.292. The van der Waals surface area contributed by atoms with Crippen molar-refractivity contribution in [2.45, 2.75) is 39.8 Å². The third-order valence-electron chi connectivity index (χ3n) is 4.82. The minimum absolute atomic E-state index is 0.409. The first-order valence-electron chi connectivity index (χ1n) is 10.00. The maximum Gasteiger partial charge on any atom is 0.125 e. The van der Waals surface area contributed by atoms with Crippen LogP contribution in [-0.2, 0) is 13.2 Å². The smallest absolute Gasteiger partial charge is 0.125 e. The van der Waals surface area contributed by atoms with Gasteiger partial charge in [0.05, 0.1) is 7.11 Å². The average molecular weight is 391 g/mol. The summed E-state index contributed by atoms with van der Waals surface area (Å²) in [5.74, 6) is 2.19. The quantitative estimate of drug-likeness (QED) is 0.452. The molecule has 4 nitrogen and oxygen atoms in total. The number of aryl methyl sites for hydroxylation is 1. The number of anilines is 1. The lowest BCUT2D eigenvalue weighted by Crippen LogP contribution is -2.20. The molecule has 2 N–H and O–H groups in total. The number of hydrogen-bond donors (Lipinski definition) is 2. The van der Waals surface area contributed by atoms with Crippen LogP contribution in [0.3, 0.4) is 0 Å². The first-order chi connectivity index (χ1) is 14.1.